The molecule has 1 aromatic heterocycles. The number of halogens is 2. The summed E-state index contributed by atoms with van der Waals surface area (Å²) in [5.74, 6) is -0.268. The van der Waals surface area contributed by atoms with Gasteiger partial charge in [0.05, 0.1) is 11.6 Å². The van der Waals surface area contributed by atoms with Gasteiger partial charge in [-0.15, -0.1) is 0 Å². The summed E-state index contributed by atoms with van der Waals surface area (Å²) in [6.45, 7) is 0.685. The van der Waals surface area contributed by atoms with E-state index in [4.69, 9.17) is 16.7 Å². The van der Waals surface area contributed by atoms with Crippen LogP contribution in [0.4, 0.5) is 10.2 Å². The second-order valence-electron chi connectivity index (χ2n) is 4.00. The first-order valence-corrected chi connectivity index (χ1v) is 5.19. The van der Waals surface area contributed by atoms with Gasteiger partial charge in [-0.25, -0.2) is 9.37 Å². The summed E-state index contributed by atoms with van der Waals surface area (Å²) in [5.41, 5.74) is -0.0617. The Morgan fingerprint density at radius 2 is 2.33 bits per heavy atom. The van der Waals surface area contributed by atoms with E-state index in [-0.39, 0.29) is 22.9 Å². The zero-order chi connectivity index (χ0) is 10.9. The molecule has 1 aliphatic carbocycles. The first-order valence-electron chi connectivity index (χ1n) is 4.81. The summed E-state index contributed by atoms with van der Waals surface area (Å²) < 4.78 is 13.3. The number of nitrogens with one attached hydrogen (secondary N) is 1. The Hall–Kier alpha value is -0.870. The van der Waals surface area contributed by atoms with Gasteiger partial charge in [0, 0.05) is 18.2 Å². The fourth-order valence-corrected chi connectivity index (χ4v) is 1.53. The maximum atomic E-state index is 13.3. The van der Waals surface area contributed by atoms with Crippen molar-refractivity contribution in [2.75, 3.05) is 18.5 Å². The highest BCUT2D eigenvalue weighted by Gasteiger charge is 2.41. The molecule has 1 aromatic rings. The van der Waals surface area contributed by atoms with Gasteiger partial charge >= 0.3 is 0 Å². The molecule has 0 saturated heterocycles. The minimum atomic E-state index is -0.462. The predicted molar refractivity (Wildman–Crippen MR) is 56.4 cm³/mol. The number of aliphatic hydroxyl groups excluding tert-OH is 1. The Balaban J connectivity index is 1.99. The summed E-state index contributed by atoms with van der Waals surface area (Å²) in [5, 5.41) is 12.2. The standard InChI is InChI=1S/C10H12ClFN2O/c11-7-3-8(12)9(13-4-7)14-5-10(6-15)1-2-10/h3-4,15H,1-2,5-6H2,(H,13,14). The zero-order valence-corrected chi connectivity index (χ0v) is 8.89. The fraction of sp³-hybridized carbons (Fsp3) is 0.500. The van der Waals surface area contributed by atoms with Crippen molar-refractivity contribution in [1.29, 1.82) is 0 Å². The second kappa shape index (κ2) is 3.94. The van der Waals surface area contributed by atoms with Crippen LogP contribution in [0.15, 0.2) is 12.3 Å². The third-order valence-corrected chi connectivity index (χ3v) is 2.94. The van der Waals surface area contributed by atoms with E-state index in [2.05, 4.69) is 10.3 Å². The molecule has 0 aliphatic heterocycles. The predicted octanol–water partition coefficient (Wildman–Crippen LogP) is 2.06. The average molecular weight is 231 g/mol. The molecule has 0 bridgehead atoms. The summed E-state index contributed by atoms with van der Waals surface area (Å²) >= 11 is 5.58. The van der Waals surface area contributed by atoms with Crippen LogP contribution in [0.2, 0.25) is 5.02 Å². The number of aromatic nitrogens is 1. The Morgan fingerprint density at radius 1 is 1.60 bits per heavy atom. The minimum Gasteiger partial charge on any atom is -0.396 e. The van der Waals surface area contributed by atoms with Crippen molar-refractivity contribution in [2.45, 2.75) is 12.8 Å². The van der Waals surface area contributed by atoms with Gasteiger partial charge in [0.15, 0.2) is 11.6 Å². The summed E-state index contributed by atoms with van der Waals surface area (Å²) in [6.07, 6.45) is 3.35. The molecular formula is C10H12ClFN2O. The van der Waals surface area contributed by atoms with Gasteiger partial charge in [0.2, 0.25) is 0 Å². The van der Waals surface area contributed by atoms with Crippen LogP contribution in [-0.2, 0) is 0 Å². The van der Waals surface area contributed by atoms with E-state index in [1.807, 2.05) is 0 Å². The molecule has 0 unspecified atom stereocenters. The number of pyridine rings is 1. The Labute approximate surface area is 92.3 Å². The van der Waals surface area contributed by atoms with Crippen molar-refractivity contribution >= 4 is 17.4 Å². The van der Waals surface area contributed by atoms with Crippen LogP contribution in [0.3, 0.4) is 0 Å². The van der Waals surface area contributed by atoms with Crippen LogP contribution in [-0.4, -0.2) is 23.2 Å². The van der Waals surface area contributed by atoms with Crippen LogP contribution in [0.25, 0.3) is 0 Å². The number of aliphatic hydroxyl groups is 1. The van der Waals surface area contributed by atoms with Gasteiger partial charge in [-0.05, 0) is 18.9 Å². The smallest absolute Gasteiger partial charge is 0.166 e. The molecule has 1 saturated carbocycles. The molecule has 0 amide bonds. The maximum Gasteiger partial charge on any atom is 0.166 e. The van der Waals surface area contributed by atoms with Gasteiger partial charge in [-0.3, -0.25) is 0 Å². The van der Waals surface area contributed by atoms with Crippen LogP contribution < -0.4 is 5.32 Å². The molecule has 5 heteroatoms. The molecule has 15 heavy (non-hydrogen) atoms. The van der Waals surface area contributed by atoms with Crippen LogP contribution in [0.1, 0.15) is 12.8 Å². The lowest BCUT2D eigenvalue weighted by Gasteiger charge is -2.13. The zero-order valence-electron chi connectivity index (χ0n) is 8.13. The molecule has 82 valence electrons. The van der Waals surface area contributed by atoms with Crippen molar-refractivity contribution in [3.63, 3.8) is 0 Å². The number of hydrogen-bond acceptors (Lipinski definition) is 3. The third kappa shape index (κ3) is 2.38. The maximum absolute atomic E-state index is 13.3. The van der Waals surface area contributed by atoms with E-state index in [9.17, 15) is 4.39 Å². The van der Waals surface area contributed by atoms with Crippen molar-refractivity contribution in [3.8, 4) is 0 Å². The fourth-order valence-electron chi connectivity index (χ4n) is 1.38. The topological polar surface area (TPSA) is 45.1 Å². The molecule has 1 heterocycles. The van der Waals surface area contributed by atoms with Gasteiger partial charge in [0.1, 0.15) is 0 Å². The average Bonchev–Trinajstić information content (AvgIpc) is 2.97. The number of hydrogen-bond donors (Lipinski definition) is 2. The van der Waals surface area contributed by atoms with E-state index in [1.54, 1.807) is 0 Å². The quantitative estimate of drug-likeness (QED) is 0.832. The molecular weight excluding hydrogens is 219 g/mol. The molecule has 3 nitrogen and oxygen atoms in total. The monoisotopic (exact) mass is 230 g/mol. The molecule has 0 radical (unpaired) electrons. The minimum absolute atomic E-state index is 0.0617. The van der Waals surface area contributed by atoms with Gasteiger partial charge in [0.25, 0.3) is 0 Å². The van der Waals surface area contributed by atoms with E-state index >= 15 is 0 Å². The van der Waals surface area contributed by atoms with Crippen LogP contribution >= 0.6 is 11.6 Å². The van der Waals surface area contributed by atoms with Crippen LogP contribution in [0.5, 0.6) is 0 Å². The van der Waals surface area contributed by atoms with E-state index in [0.717, 1.165) is 12.8 Å². The molecule has 2 rings (SSSR count). The van der Waals surface area contributed by atoms with Crippen LogP contribution in [0, 0.1) is 11.2 Å². The van der Waals surface area contributed by atoms with E-state index < -0.39 is 5.82 Å². The van der Waals surface area contributed by atoms with Crippen molar-refractivity contribution in [2.24, 2.45) is 5.41 Å². The number of rotatable bonds is 4. The number of anilines is 1. The highest BCUT2D eigenvalue weighted by atomic mass is 35.5. The van der Waals surface area contributed by atoms with Gasteiger partial charge in [-0.1, -0.05) is 11.6 Å². The lowest BCUT2D eigenvalue weighted by molar-refractivity contribution is 0.219. The molecule has 0 aromatic carbocycles. The first-order chi connectivity index (χ1) is 7.15. The number of nitrogens with zero attached hydrogens (tertiary/aromatic N) is 1. The second-order valence-corrected chi connectivity index (χ2v) is 4.43. The highest BCUT2D eigenvalue weighted by molar-refractivity contribution is 6.30. The Morgan fingerprint density at radius 3 is 2.87 bits per heavy atom. The summed E-state index contributed by atoms with van der Waals surface area (Å²) in [4.78, 5) is 3.84. The van der Waals surface area contributed by atoms with Gasteiger partial charge in [-0.2, -0.15) is 0 Å². The van der Waals surface area contributed by atoms with Crippen molar-refractivity contribution in [3.05, 3.63) is 23.1 Å². The normalized spacial score (nSPS) is 17.5. The lowest BCUT2D eigenvalue weighted by atomic mass is 10.1. The Bertz CT molecular complexity index is 368. The van der Waals surface area contributed by atoms with Crippen molar-refractivity contribution < 1.29 is 9.50 Å². The lowest BCUT2D eigenvalue weighted by Crippen LogP contribution is -2.20. The molecule has 0 spiro atoms. The summed E-state index contributed by atoms with van der Waals surface area (Å²) in [6, 6.07) is 1.22. The third-order valence-electron chi connectivity index (χ3n) is 2.73. The highest BCUT2D eigenvalue weighted by Crippen LogP contribution is 2.44. The molecule has 1 aliphatic rings. The summed E-state index contributed by atoms with van der Waals surface area (Å²) in [7, 11) is 0. The van der Waals surface area contributed by atoms with E-state index in [1.165, 1.54) is 12.3 Å². The largest absolute Gasteiger partial charge is 0.396 e. The van der Waals surface area contributed by atoms with E-state index in [0.29, 0.717) is 6.54 Å². The molecule has 2 N–H and O–H groups in total. The Kier molecular flexibility index (Phi) is 2.80. The molecule has 1 fully saturated rings. The SMILES string of the molecule is OCC1(CNc2ncc(Cl)cc2F)CC1. The first kappa shape index (κ1) is 10.6. The van der Waals surface area contributed by atoms with Gasteiger partial charge < -0.3 is 10.4 Å². The molecule has 0 atom stereocenters. The van der Waals surface area contributed by atoms with Crippen molar-refractivity contribution in [1.82, 2.24) is 4.98 Å².